The number of nitrogens with one attached hydrogen (secondary N) is 2. The molecule has 0 saturated carbocycles. The molecule has 134 valence electrons. The Morgan fingerprint density at radius 1 is 1.28 bits per heavy atom. The lowest BCUT2D eigenvalue weighted by Crippen LogP contribution is -2.42. The van der Waals surface area contributed by atoms with Crippen LogP contribution in [0.15, 0.2) is 47.4 Å². The largest absolute Gasteiger partial charge is 0.355 e. The molecule has 0 fully saturated rings. The monoisotopic (exact) mass is 362 g/mol. The zero-order valence-corrected chi connectivity index (χ0v) is 14.9. The molecule has 7 nitrogen and oxygen atoms in total. The molecule has 0 atom stereocenters. The number of nitrogens with zero attached hydrogens (tertiary/aromatic N) is 1. The molecule has 0 radical (unpaired) electrons. The van der Waals surface area contributed by atoms with Crippen molar-refractivity contribution in [1.29, 1.82) is 0 Å². The molecule has 0 aromatic heterocycles. The third-order valence-corrected chi connectivity index (χ3v) is 5.33. The van der Waals surface area contributed by atoms with Gasteiger partial charge in [-0.25, -0.2) is 0 Å². The Labute approximate surface area is 147 Å². The Kier molecular flexibility index (Phi) is 4.71. The number of primary amides is 1. The first-order chi connectivity index (χ1) is 11.9. The van der Waals surface area contributed by atoms with Gasteiger partial charge in [0.25, 0.3) is 0 Å². The molecule has 3 rings (SSSR count). The van der Waals surface area contributed by atoms with E-state index in [0.29, 0.717) is 12.4 Å². The highest BCUT2D eigenvalue weighted by Gasteiger charge is 2.29. The van der Waals surface area contributed by atoms with E-state index in [1.54, 1.807) is 0 Å². The topological polar surface area (TPSA) is 105 Å². The van der Waals surface area contributed by atoms with E-state index in [9.17, 15) is 13.2 Å². The maximum atomic E-state index is 12.0. The van der Waals surface area contributed by atoms with Crippen molar-refractivity contribution in [2.45, 2.75) is 26.2 Å². The summed E-state index contributed by atoms with van der Waals surface area (Å²) in [5, 5.41) is 2.00. The lowest BCUT2D eigenvalue weighted by molar-refractivity contribution is 0.264. The van der Waals surface area contributed by atoms with Crippen LogP contribution in [0.1, 0.15) is 24.8 Å². The van der Waals surface area contributed by atoms with Gasteiger partial charge < -0.3 is 16.0 Å². The summed E-state index contributed by atoms with van der Waals surface area (Å²) in [6.45, 7) is 3.31. The van der Waals surface area contributed by atoms with Crippen LogP contribution in [0.3, 0.4) is 0 Å². The van der Waals surface area contributed by atoms with E-state index in [4.69, 9.17) is 5.73 Å². The summed E-state index contributed by atoms with van der Waals surface area (Å²) in [6.07, 6.45) is 4.67. The highest BCUT2D eigenvalue weighted by molar-refractivity contribution is 8.04. The summed E-state index contributed by atoms with van der Waals surface area (Å²) in [7, 11) is -4.22. The van der Waals surface area contributed by atoms with E-state index in [1.165, 1.54) is 0 Å². The standard InChI is InChI=1S/C17H22N4O3S/c1-12-5-4-6-13(11-12)19-15-8-10-21-9-3-2-7-14(15)16(21)20-25(23,24)17(18)22/h4-6,8,11,19-20H,2-3,7,9-10H2,1H3,(H2,18,22). The minimum atomic E-state index is -4.22. The molecule has 25 heavy (non-hydrogen) atoms. The maximum Gasteiger partial charge on any atom is 0.354 e. The molecule has 1 amide bonds. The smallest absolute Gasteiger partial charge is 0.354 e. The second kappa shape index (κ2) is 6.79. The maximum absolute atomic E-state index is 12.0. The predicted octanol–water partition coefficient (Wildman–Crippen LogP) is 2.00. The molecular weight excluding hydrogens is 340 g/mol. The Balaban J connectivity index is 1.95. The number of hydrogen-bond acceptors (Lipinski definition) is 5. The molecule has 2 aliphatic heterocycles. The lowest BCUT2D eigenvalue weighted by atomic mass is 10.0. The number of aryl methyl sites for hydroxylation is 1. The highest BCUT2D eigenvalue weighted by Crippen LogP contribution is 2.31. The molecule has 0 spiro atoms. The number of hydrogen-bond donors (Lipinski definition) is 3. The van der Waals surface area contributed by atoms with Gasteiger partial charge in [-0.05, 0) is 50.0 Å². The number of allylic oxidation sites excluding steroid dienone is 1. The van der Waals surface area contributed by atoms with Gasteiger partial charge >= 0.3 is 15.3 Å². The van der Waals surface area contributed by atoms with Gasteiger partial charge in [0.2, 0.25) is 0 Å². The normalized spacial score (nSPS) is 17.6. The quantitative estimate of drug-likeness (QED) is 0.760. The van der Waals surface area contributed by atoms with Gasteiger partial charge in [0.05, 0.1) is 0 Å². The van der Waals surface area contributed by atoms with Gasteiger partial charge in [0.1, 0.15) is 5.82 Å². The molecule has 0 unspecified atom stereocenters. The second-order valence-electron chi connectivity index (χ2n) is 6.27. The summed E-state index contributed by atoms with van der Waals surface area (Å²) in [5.41, 5.74) is 8.78. The number of rotatable bonds is 4. The third kappa shape index (κ3) is 3.79. The zero-order chi connectivity index (χ0) is 18.0. The van der Waals surface area contributed by atoms with Gasteiger partial charge in [-0.2, -0.15) is 8.42 Å². The van der Waals surface area contributed by atoms with Gasteiger partial charge in [-0.15, -0.1) is 0 Å². The third-order valence-electron chi connectivity index (χ3n) is 4.34. The SMILES string of the molecule is Cc1cccc(NC2=CCN3CCCCC2=C3NS(=O)(=O)C(N)=O)c1. The van der Waals surface area contributed by atoms with Crippen LogP contribution in [-0.2, 0) is 10.0 Å². The fraction of sp³-hybridized carbons (Fsp3) is 0.353. The molecule has 2 bridgehead atoms. The molecule has 4 N–H and O–H groups in total. The second-order valence-corrected chi connectivity index (χ2v) is 7.88. The predicted molar refractivity (Wildman–Crippen MR) is 97.0 cm³/mol. The minimum Gasteiger partial charge on any atom is -0.355 e. The number of carbonyl (C=O) groups excluding carboxylic acids is 1. The van der Waals surface area contributed by atoms with Crippen molar-refractivity contribution in [2.24, 2.45) is 5.73 Å². The number of nitrogens with two attached hydrogens (primary N) is 1. The molecule has 2 heterocycles. The van der Waals surface area contributed by atoms with Gasteiger partial charge in [-0.3, -0.25) is 9.52 Å². The molecular formula is C17H22N4O3S. The van der Waals surface area contributed by atoms with Crippen molar-refractivity contribution in [3.8, 4) is 0 Å². The Morgan fingerprint density at radius 3 is 2.80 bits per heavy atom. The first-order valence-electron chi connectivity index (χ1n) is 8.21. The molecule has 0 aliphatic carbocycles. The van der Waals surface area contributed by atoms with Gasteiger partial charge in [-0.1, -0.05) is 12.1 Å². The van der Waals surface area contributed by atoms with E-state index >= 15 is 0 Å². The highest BCUT2D eigenvalue weighted by atomic mass is 32.2. The number of anilines is 1. The average molecular weight is 362 g/mol. The summed E-state index contributed by atoms with van der Waals surface area (Å²) in [4.78, 5) is 13.1. The van der Waals surface area contributed by atoms with Crippen LogP contribution >= 0.6 is 0 Å². The summed E-state index contributed by atoms with van der Waals surface area (Å²) in [6, 6.07) is 7.97. The van der Waals surface area contributed by atoms with Crippen LogP contribution in [0.5, 0.6) is 0 Å². The first-order valence-corrected chi connectivity index (χ1v) is 9.70. The van der Waals surface area contributed by atoms with E-state index in [0.717, 1.165) is 48.3 Å². The van der Waals surface area contributed by atoms with E-state index < -0.39 is 15.3 Å². The van der Waals surface area contributed by atoms with Crippen LogP contribution in [-0.4, -0.2) is 31.6 Å². The number of carbonyl (C=O) groups is 1. The van der Waals surface area contributed by atoms with Crippen LogP contribution < -0.4 is 15.8 Å². The van der Waals surface area contributed by atoms with E-state index in [-0.39, 0.29) is 0 Å². The van der Waals surface area contributed by atoms with Crippen molar-refractivity contribution >= 4 is 20.9 Å². The Morgan fingerprint density at radius 2 is 2.08 bits per heavy atom. The summed E-state index contributed by atoms with van der Waals surface area (Å²) in [5.74, 6) is 0.453. The van der Waals surface area contributed by atoms with Crippen LogP contribution in [0, 0.1) is 6.92 Å². The Bertz CT molecular complexity index is 858. The first kappa shape index (κ1) is 17.3. The summed E-state index contributed by atoms with van der Waals surface area (Å²) < 4.78 is 26.3. The molecule has 1 aromatic rings. The molecule has 0 saturated heterocycles. The molecule has 2 aliphatic rings. The number of fused-ring (bicyclic) bond motifs is 1. The van der Waals surface area contributed by atoms with Crippen molar-refractivity contribution < 1.29 is 13.2 Å². The van der Waals surface area contributed by atoms with Gasteiger partial charge in [0.15, 0.2) is 0 Å². The van der Waals surface area contributed by atoms with Crippen molar-refractivity contribution in [3.63, 3.8) is 0 Å². The van der Waals surface area contributed by atoms with Crippen LogP contribution in [0.4, 0.5) is 10.5 Å². The van der Waals surface area contributed by atoms with E-state index in [2.05, 4.69) is 10.0 Å². The van der Waals surface area contributed by atoms with Crippen molar-refractivity contribution in [1.82, 2.24) is 9.62 Å². The van der Waals surface area contributed by atoms with Crippen molar-refractivity contribution in [3.05, 3.63) is 53.0 Å². The van der Waals surface area contributed by atoms with Crippen molar-refractivity contribution in [2.75, 3.05) is 18.4 Å². The number of benzene rings is 1. The summed E-state index contributed by atoms with van der Waals surface area (Å²) >= 11 is 0. The van der Waals surface area contributed by atoms with Gasteiger partial charge in [0, 0.05) is 30.0 Å². The lowest BCUT2D eigenvalue weighted by Gasteiger charge is -2.31. The number of amides is 1. The van der Waals surface area contributed by atoms with Crippen LogP contribution in [0.25, 0.3) is 0 Å². The van der Waals surface area contributed by atoms with E-state index in [1.807, 2.05) is 42.2 Å². The molecule has 8 heteroatoms. The average Bonchev–Trinajstić information content (AvgIpc) is 2.66. The Hall–Kier alpha value is -2.48. The zero-order valence-electron chi connectivity index (χ0n) is 14.1. The molecule has 1 aromatic carbocycles. The van der Waals surface area contributed by atoms with Crippen LogP contribution in [0.2, 0.25) is 0 Å². The fourth-order valence-corrected chi connectivity index (χ4v) is 3.71. The minimum absolute atomic E-state index is 0.453. The number of sulfonamides is 1. The fourth-order valence-electron chi connectivity index (χ4n) is 3.10.